The maximum Gasteiger partial charge on any atom is 0.323 e. The van der Waals surface area contributed by atoms with Crippen LogP contribution in [-0.4, -0.2) is 17.6 Å². The minimum absolute atomic E-state index is 0.320. The van der Waals surface area contributed by atoms with Crippen LogP contribution in [0, 0.1) is 6.92 Å². The van der Waals surface area contributed by atoms with Gasteiger partial charge in [0.25, 0.3) is 0 Å². The van der Waals surface area contributed by atoms with Gasteiger partial charge in [-0.05, 0) is 72.3 Å². The second-order valence-electron chi connectivity index (χ2n) is 6.98. The number of nitrogens with one attached hydrogen (secondary N) is 2. The van der Waals surface area contributed by atoms with Gasteiger partial charge in [0.15, 0.2) is 0 Å². The predicted octanol–water partition coefficient (Wildman–Crippen LogP) is 6.25. The number of carbonyl (C=O) groups is 1. The van der Waals surface area contributed by atoms with Crippen LogP contribution in [0.4, 0.5) is 16.2 Å². The normalized spacial score (nSPS) is 10.6. The number of nitrogens with zero attached hydrogens (tertiary/aromatic N) is 1. The Morgan fingerprint density at radius 2 is 1.83 bits per heavy atom. The van der Waals surface area contributed by atoms with Gasteiger partial charge in [-0.2, -0.15) is 0 Å². The zero-order valence-electron chi connectivity index (χ0n) is 17.0. The molecule has 5 heteroatoms. The minimum Gasteiger partial charge on any atom is -0.492 e. The lowest BCUT2D eigenvalue weighted by atomic mass is 9.98. The number of aryl methyl sites for hydroxylation is 1. The highest BCUT2D eigenvalue weighted by molar-refractivity contribution is 6.01. The third-order valence-corrected chi connectivity index (χ3v) is 4.88. The number of anilines is 2. The Morgan fingerprint density at radius 1 is 0.967 bits per heavy atom. The lowest BCUT2D eigenvalue weighted by molar-refractivity contribution is 0.262. The summed E-state index contributed by atoms with van der Waals surface area (Å²) < 4.78 is 5.57. The standard InChI is InChI=1S/C25H23N3O2/c1-3-30-24-7-5-4-6-23(24)28-25(29)27-21-11-8-17(2)22(15-21)19-10-9-18-12-13-26-16-20(18)14-19/h4-16H,3H2,1-2H3,(H2,27,28,29). The lowest BCUT2D eigenvalue weighted by Gasteiger charge is -2.14. The van der Waals surface area contributed by atoms with E-state index in [1.54, 1.807) is 6.20 Å². The van der Waals surface area contributed by atoms with Crippen molar-refractivity contribution in [2.45, 2.75) is 13.8 Å². The van der Waals surface area contributed by atoms with Crippen LogP contribution in [0.15, 0.2) is 79.1 Å². The van der Waals surface area contributed by atoms with Gasteiger partial charge in [0, 0.05) is 23.5 Å². The summed E-state index contributed by atoms with van der Waals surface area (Å²) in [4.78, 5) is 16.8. The van der Waals surface area contributed by atoms with Gasteiger partial charge in [-0.1, -0.05) is 30.3 Å². The monoisotopic (exact) mass is 397 g/mol. The SMILES string of the molecule is CCOc1ccccc1NC(=O)Nc1ccc(C)c(-c2ccc3ccncc3c2)c1. The fourth-order valence-corrected chi connectivity index (χ4v) is 3.40. The van der Waals surface area contributed by atoms with E-state index in [9.17, 15) is 4.79 Å². The number of rotatable bonds is 5. The molecule has 0 unspecified atom stereocenters. The zero-order chi connectivity index (χ0) is 20.9. The molecule has 0 atom stereocenters. The maximum atomic E-state index is 12.6. The molecule has 0 spiro atoms. The number of fused-ring (bicyclic) bond motifs is 1. The van der Waals surface area contributed by atoms with E-state index in [4.69, 9.17) is 4.74 Å². The number of pyridine rings is 1. The van der Waals surface area contributed by atoms with Crippen LogP contribution < -0.4 is 15.4 Å². The van der Waals surface area contributed by atoms with E-state index >= 15 is 0 Å². The van der Waals surface area contributed by atoms with E-state index in [2.05, 4.69) is 40.7 Å². The molecule has 3 aromatic carbocycles. The van der Waals surface area contributed by atoms with Crippen LogP contribution in [0.2, 0.25) is 0 Å². The summed E-state index contributed by atoms with van der Waals surface area (Å²) in [5.74, 6) is 0.643. The molecule has 0 bridgehead atoms. The Bertz CT molecular complexity index is 1200. The molecule has 5 nitrogen and oxygen atoms in total. The second-order valence-corrected chi connectivity index (χ2v) is 6.98. The molecule has 0 aliphatic carbocycles. The maximum absolute atomic E-state index is 12.6. The third kappa shape index (κ3) is 4.25. The Morgan fingerprint density at radius 3 is 2.70 bits per heavy atom. The molecule has 0 aliphatic heterocycles. The van der Waals surface area contributed by atoms with Gasteiger partial charge in [0.2, 0.25) is 0 Å². The first-order valence-electron chi connectivity index (χ1n) is 9.88. The van der Waals surface area contributed by atoms with Gasteiger partial charge in [-0.25, -0.2) is 4.79 Å². The molecule has 0 saturated carbocycles. The summed E-state index contributed by atoms with van der Waals surface area (Å²) in [7, 11) is 0. The van der Waals surface area contributed by atoms with E-state index in [1.807, 2.05) is 61.7 Å². The first kappa shape index (κ1) is 19.5. The smallest absolute Gasteiger partial charge is 0.323 e. The first-order valence-corrected chi connectivity index (χ1v) is 9.88. The fourth-order valence-electron chi connectivity index (χ4n) is 3.40. The summed E-state index contributed by atoms with van der Waals surface area (Å²) in [6.07, 6.45) is 3.65. The molecule has 0 saturated heterocycles. The molecule has 0 radical (unpaired) electrons. The van der Waals surface area contributed by atoms with Crippen molar-refractivity contribution in [3.63, 3.8) is 0 Å². The van der Waals surface area contributed by atoms with E-state index in [0.29, 0.717) is 23.7 Å². The molecule has 0 aliphatic rings. The average Bonchev–Trinajstić information content (AvgIpc) is 2.76. The molecule has 2 amide bonds. The van der Waals surface area contributed by atoms with Gasteiger partial charge < -0.3 is 15.4 Å². The van der Waals surface area contributed by atoms with Gasteiger partial charge >= 0.3 is 6.03 Å². The minimum atomic E-state index is -0.320. The average molecular weight is 397 g/mol. The molecule has 0 fully saturated rings. The van der Waals surface area contributed by atoms with Crippen LogP contribution in [-0.2, 0) is 0 Å². The zero-order valence-corrected chi connectivity index (χ0v) is 17.0. The summed E-state index contributed by atoms with van der Waals surface area (Å²) in [6, 6.07) is 21.2. The van der Waals surface area contributed by atoms with Gasteiger partial charge in [0.1, 0.15) is 5.75 Å². The number of amides is 2. The molecule has 1 heterocycles. The van der Waals surface area contributed by atoms with Gasteiger partial charge in [0.05, 0.1) is 12.3 Å². The predicted molar refractivity (Wildman–Crippen MR) is 122 cm³/mol. The summed E-state index contributed by atoms with van der Waals surface area (Å²) in [5, 5.41) is 8.00. The first-order chi connectivity index (χ1) is 14.6. The van der Waals surface area contributed by atoms with E-state index in [-0.39, 0.29) is 6.03 Å². The number of carbonyl (C=O) groups excluding carboxylic acids is 1. The third-order valence-electron chi connectivity index (χ3n) is 4.88. The topological polar surface area (TPSA) is 63.2 Å². The van der Waals surface area contributed by atoms with Crippen molar-refractivity contribution in [1.29, 1.82) is 0 Å². The summed E-state index contributed by atoms with van der Waals surface area (Å²) in [5.41, 5.74) is 4.62. The highest BCUT2D eigenvalue weighted by Gasteiger charge is 2.10. The Labute approximate surface area is 175 Å². The quantitative estimate of drug-likeness (QED) is 0.418. The van der Waals surface area contributed by atoms with Crippen molar-refractivity contribution >= 4 is 28.2 Å². The molecule has 1 aromatic heterocycles. The van der Waals surface area contributed by atoms with E-state index in [0.717, 1.165) is 27.5 Å². The number of hydrogen-bond acceptors (Lipinski definition) is 3. The fraction of sp³-hybridized carbons (Fsp3) is 0.120. The second kappa shape index (κ2) is 8.66. The van der Waals surface area contributed by atoms with Gasteiger partial charge in [-0.3, -0.25) is 4.98 Å². The molecule has 2 N–H and O–H groups in total. The highest BCUT2D eigenvalue weighted by atomic mass is 16.5. The molecular weight excluding hydrogens is 374 g/mol. The van der Waals surface area contributed by atoms with Gasteiger partial charge in [-0.15, -0.1) is 0 Å². The van der Waals surface area contributed by atoms with Crippen LogP contribution in [0.5, 0.6) is 5.75 Å². The number of urea groups is 1. The number of hydrogen-bond donors (Lipinski definition) is 2. The molecule has 150 valence electrons. The number of benzene rings is 3. The lowest BCUT2D eigenvalue weighted by Crippen LogP contribution is -2.20. The number of aromatic nitrogens is 1. The van der Waals surface area contributed by atoms with Crippen molar-refractivity contribution < 1.29 is 9.53 Å². The Hall–Kier alpha value is -3.86. The summed E-state index contributed by atoms with van der Waals surface area (Å²) in [6.45, 7) is 4.50. The highest BCUT2D eigenvalue weighted by Crippen LogP contribution is 2.29. The van der Waals surface area contributed by atoms with Crippen LogP contribution in [0.1, 0.15) is 12.5 Å². The Balaban J connectivity index is 1.56. The summed E-state index contributed by atoms with van der Waals surface area (Å²) >= 11 is 0. The number of para-hydroxylation sites is 2. The van der Waals surface area contributed by atoms with Crippen LogP contribution >= 0.6 is 0 Å². The van der Waals surface area contributed by atoms with Crippen molar-refractivity contribution in [1.82, 2.24) is 4.98 Å². The van der Waals surface area contributed by atoms with Crippen LogP contribution in [0.3, 0.4) is 0 Å². The molecular formula is C25H23N3O2. The molecule has 4 rings (SSSR count). The van der Waals surface area contributed by atoms with Crippen molar-refractivity contribution in [2.75, 3.05) is 17.2 Å². The van der Waals surface area contributed by atoms with Crippen LogP contribution in [0.25, 0.3) is 21.9 Å². The van der Waals surface area contributed by atoms with E-state index in [1.165, 1.54) is 0 Å². The van der Waals surface area contributed by atoms with E-state index < -0.39 is 0 Å². The Kier molecular flexibility index (Phi) is 5.61. The van der Waals surface area contributed by atoms with Crippen molar-refractivity contribution in [3.05, 3.63) is 84.7 Å². The largest absolute Gasteiger partial charge is 0.492 e. The van der Waals surface area contributed by atoms with Crippen molar-refractivity contribution in [3.8, 4) is 16.9 Å². The van der Waals surface area contributed by atoms with Crippen molar-refractivity contribution in [2.24, 2.45) is 0 Å². The molecule has 4 aromatic rings. The molecule has 30 heavy (non-hydrogen) atoms. The number of ether oxygens (including phenoxy) is 1.